The molecule has 0 aromatic heterocycles. The molecular weight excluding hydrogens is 203 g/mol. The molecule has 4 nitrogen and oxygen atoms in total. The predicted octanol–water partition coefficient (Wildman–Crippen LogP) is -0.341. The molecule has 0 atom stereocenters. The molecule has 0 bridgehead atoms. The average molecular weight is 214 g/mol. The van der Waals surface area contributed by atoms with Crippen LogP contribution in [0.5, 0.6) is 0 Å². The second-order valence-electron chi connectivity index (χ2n) is 2.26. The standard InChI is InChI=1S/C5H10N4S2.Na.H/c1-8(2)9-3-6-4(10)7-5(9)11;;/h3H2,1-2H3,(H2,6,7,10,11);;. The Balaban J connectivity index is 0.00000121. The summed E-state index contributed by atoms with van der Waals surface area (Å²) in [7, 11) is 3.82. The van der Waals surface area contributed by atoms with Crippen LogP contribution in [-0.4, -0.2) is 70.7 Å². The molecule has 0 radical (unpaired) electrons. The molecule has 1 aliphatic heterocycles. The summed E-state index contributed by atoms with van der Waals surface area (Å²) >= 11 is 8.16. The summed E-state index contributed by atoms with van der Waals surface area (Å²) in [4.78, 5) is 7.98. The zero-order valence-corrected chi connectivity index (χ0v) is 8.18. The van der Waals surface area contributed by atoms with Gasteiger partial charge >= 0.3 is 29.6 Å². The van der Waals surface area contributed by atoms with Crippen LogP contribution in [0.15, 0.2) is 9.98 Å². The van der Waals surface area contributed by atoms with E-state index in [-0.39, 0.29) is 29.6 Å². The molecule has 0 fully saturated rings. The fraction of sp³-hybridized carbons (Fsp3) is 0.600. The SMILES string of the molecule is CN(C)N1CN=C(S)N=C1S.[NaH]. The first-order chi connectivity index (χ1) is 5.11. The van der Waals surface area contributed by atoms with E-state index in [4.69, 9.17) is 0 Å². The minimum atomic E-state index is 0. The minimum absolute atomic E-state index is 0. The van der Waals surface area contributed by atoms with E-state index in [0.29, 0.717) is 17.0 Å². The first-order valence-electron chi connectivity index (χ1n) is 3.07. The van der Waals surface area contributed by atoms with E-state index in [1.807, 2.05) is 24.1 Å². The fourth-order valence-corrected chi connectivity index (χ4v) is 1.26. The second kappa shape index (κ2) is 5.51. The van der Waals surface area contributed by atoms with Crippen molar-refractivity contribution in [2.24, 2.45) is 9.98 Å². The summed E-state index contributed by atoms with van der Waals surface area (Å²) in [5.41, 5.74) is 0. The zero-order chi connectivity index (χ0) is 8.43. The van der Waals surface area contributed by atoms with Crippen molar-refractivity contribution < 1.29 is 0 Å². The van der Waals surface area contributed by atoms with Crippen molar-refractivity contribution in [1.29, 1.82) is 0 Å². The monoisotopic (exact) mass is 214 g/mol. The molecule has 0 aromatic carbocycles. The van der Waals surface area contributed by atoms with Crippen molar-refractivity contribution in [3.63, 3.8) is 0 Å². The molecule has 0 aliphatic carbocycles. The normalized spacial score (nSPS) is 16.9. The molecule has 0 aromatic rings. The zero-order valence-electron chi connectivity index (χ0n) is 6.39. The van der Waals surface area contributed by atoms with Crippen molar-refractivity contribution in [2.75, 3.05) is 20.8 Å². The van der Waals surface area contributed by atoms with Crippen LogP contribution in [-0.2, 0) is 0 Å². The Morgan fingerprint density at radius 1 is 1.42 bits per heavy atom. The summed E-state index contributed by atoms with van der Waals surface area (Å²) in [6.45, 7) is 0.536. The van der Waals surface area contributed by atoms with Gasteiger partial charge in [0.15, 0.2) is 10.3 Å². The van der Waals surface area contributed by atoms with E-state index < -0.39 is 0 Å². The molecule has 1 aliphatic rings. The van der Waals surface area contributed by atoms with Gasteiger partial charge in [0.1, 0.15) is 6.67 Å². The number of thiol groups is 2. The molecule has 0 amide bonds. The van der Waals surface area contributed by atoms with E-state index >= 15 is 0 Å². The van der Waals surface area contributed by atoms with Gasteiger partial charge in [0.2, 0.25) is 0 Å². The van der Waals surface area contributed by atoms with Crippen LogP contribution in [0.25, 0.3) is 0 Å². The van der Waals surface area contributed by atoms with Gasteiger partial charge in [-0.3, -0.25) is 5.01 Å². The number of amidine groups is 2. The Hall–Kier alpha value is 0.800. The fourth-order valence-electron chi connectivity index (χ4n) is 0.681. The predicted molar refractivity (Wildman–Crippen MR) is 60.4 cm³/mol. The summed E-state index contributed by atoms with van der Waals surface area (Å²) in [5.74, 6) is 0. The third kappa shape index (κ3) is 3.27. The van der Waals surface area contributed by atoms with Crippen molar-refractivity contribution in [1.82, 2.24) is 10.0 Å². The molecule has 12 heavy (non-hydrogen) atoms. The van der Waals surface area contributed by atoms with Crippen molar-refractivity contribution >= 4 is 65.2 Å². The van der Waals surface area contributed by atoms with Gasteiger partial charge in [0.25, 0.3) is 0 Å². The quantitative estimate of drug-likeness (QED) is 0.462. The molecule has 0 saturated carbocycles. The van der Waals surface area contributed by atoms with Crippen LogP contribution in [0.1, 0.15) is 0 Å². The van der Waals surface area contributed by atoms with Gasteiger partial charge < -0.3 is 0 Å². The van der Waals surface area contributed by atoms with Crippen LogP contribution < -0.4 is 0 Å². The van der Waals surface area contributed by atoms with Gasteiger partial charge in [-0.05, 0) is 0 Å². The summed E-state index contributed by atoms with van der Waals surface area (Å²) in [6.07, 6.45) is 0. The molecule has 7 heteroatoms. The number of aliphatic imine (C=N–C) groups is 2. The number of hydrazine groups is 1. The third-order valence-electron chi connectivity index (χ3n) is 1.26. The Morgan fingerprint density at radius 3 is 2.42 bits per heavy atom. The first kappa shape index (κ1) is 12.8. The summed E-state index contributed by atoms with van der Waals surface area (Å²) in [5, 5.41) is 4.79. The maximum atomic E-state index is 4.16. The van der Waals surface area contributed by atoms with Gasteiger partial charge in [0.05, 0.1) is 0 Å². The molecule has 0 unspecified atom stereocenters. The van der Waals surface area contributed by atoms with E-state index in [1.165, 1.54) is 0 Å². The van der Waals surface area contributed by atoms with Crippen LogP contribution in [0.3, 0.4) is 0 Å². The molecule has 0 N–H and O–H groups in total. The van der Waals surface area contributed by atoms with Crippen molar-refractivity contribution in [3.05, 3.63) is 0 Å². The van der Waals surface area contributed by atoms with E-state index in [1.54, 1.807) is 0 Å². The van der Waals surface area contributed by atoms with E-state index in [0.717, 1.165) is 0 Å². The molecule has 1 rings (SSSR count). The van der Waals surface area contributed by atoms with E-state index in [2.05, 4.69) is 35.2 Å². The Kier molecular flexibility index (Phi) is 5.88. The van der Waals surface area contributed by atoms with E-state index in [9.17, 15) is 0 Å². The second-order valence-corrected chi connectivity index (χ2v) is 3.06. The van der Waals surface area contributed by atoms with Gasteiger partial charge in [-0.25, -0.2) is 10.0 Å². The summed E-state index contributed by atoms with van der Waals surface area (Å²) < 4.78 is 0. The molecular formula is C5H11N4NaS2. The molecule has 1 heterocycles. The van der Waals surface area contributed by atoms with Crippen LogP contribution in [0.4, 0.5) is 0 Å². The van der Waals surface area contributed by atoms with Gasteiger partial charge in [-0.15, -0.1) is 25.3 Å². The van der Waals surface area contributed by atoms with Crippen molar-refractivity contribution in [2.45, 2.75) is 0 Å². The first-order valence-corrected chi connectivity index (χ1v) is 3.96. The number of hydrogen-bond acceptors (Lipinski definition) is 4. The number of rotatable bonds is 1. The van der Waals surface area contributed by atoms with Gasteiger partial charge in [0, 0.05) is 14.1 Å². The van der Waals surface area contributed by atoms with Gasteiger partial charge in [-0.2, -0.15) is 4.99 Å². The Bertz CT molecular complexity index is 215. The number of hydrogen-bond donors (Lipinski definition) is 2. The van der Waals surface area contributed by atoms with Gasteiger partial charge in [-0.1, -0.05) is 0 Å². The van der Waals surface area contributed by atoms with Crippen LogP contribution in [0.2, 0.25) is 0 Å². The summed E-state index contributed by atoms with van der Waals surface area (Å²) in [6, 6.07) is 0. The molecule has 0 saturated heterocycles. The van der Waals surface area contributed by atoms with Crippen molar-refractivity contribution in [3.8, 4) is 0 Å². The number of nitrogens with zero attached hydrogens (tertiary/aromatic N) is 4. The Labute approximate surface area is 105 Å². The molecule has 0 spiro atoms. The maximum absolute atomic E-state index is 4.16. The Morgan fingerprint density at radius 2 is 2.00 bits per heavy atom. The van der Waals surface area contributed by atoms with Crippen LogP contribution >= 0.6 is 25.3 Å². The molecule has 64 valence electrons. The van der Waals surface area contributed by atoms with Crippen LogP contribution in [0, 0.1) is 0 Å². The topological polar surface area (TPSA) is 31.2 Å². The average Bonchev–Trinajstić information content (AvgIpc) is 1.85. The third-order valence-corrected chi connectivity index (χ3v) is 1.83.